The minimum absolute atomic E-state index is 0.339. The Balaban J connectivity index is 1.25. The maximum absolute atomic E-state index is 4.56. The number of hydrogen-bond donors (Lipinski definition) is 0. The molecular weight excluding hydrogens is 619 g/mol. The van der Waals surface area contributed by atoms with E-state index in [9.17, 15) is 0 Å². The summed E-state index contributed by atoms with van der Waals surface area (Å²) in [7, 11) is 0. The van der Waals surface area contributed by atoms with E-state index >= 15 is 0 Å². The summed E-state index contributed by atoms with van der Waals surface area (Å²) in [5.74, 6) is 0.339. The predicted octanol–water partition coefficient (Wildman–Crippen LogP) is 12.2. The van der Waals surface area contributed by atoms with Gasteiger partial charge >= 0.3 is 0 Å². The molecule has 0 N–H and O–H groups in total. The van der Waals surface area contributed by atoms with Crippen LogP contribution in [0.3, 0.4) is 0 Å². The predicted molar refractivity (Wildman–Crippen MR) is 211 cm³/mol. The highest BCUT2D eigenvalue weighted by atomic mass is 15.0. The van der Waals surface area contributed by atoms with Crippen molar-refractivity contribution >= 4 is 54.4 Å². The molecule has 3 aromatic heterocycles. The average Bonchev–Trinajstić information content (AvgIpc) is 3.57. The van der Waals surface area contributed by atoms with Gasteiger partial charge in [-0.2, -0.15) is 0 Å². The van der Waals surface area contributed by atoms with E-state index < -0.39 is 0 Å². The molecule has 3 heteroatoms. The highest BCUT2D eigenvalue weighted by Crippen LogP contribution is 2.55. The topological polar surface area (TPSA) is 22.8 Å². The molecule has 3 heterocycles. The van der Waals surface area contributed by atoms with Crippen LogP contribution in [0.4, 0.5) is 0 Å². The Morgan fingerprint density at radius 1 is 0.490 bits per heavy atom. The molecule has 12 rings (SSSR count). The zero-order valence-electron chi connectivity index (χ0n) is 27.8. The summed E-state index contributed by atoms with van der Waals surface area (Å²) in [6, 6.07) is 54.4. The van der Waals surface area contributed by atoms with E-state index in [4.69, 9.17) is 0 Å². The monoisotopic (exact) mass is 649 g/mol. The smallest absolute Gasteiger partial charge is 0.0724 e. The first kappa shape index (κ1) is 27.4. The first-order valence-electron chi connectivity index (χ1n) is 18.0. The van der Waals surface area contributed by atoms with Crippen molar-refractivity contribution in [3.8, 4) is 33.6 Å². The molecule has 1 atom stereocenters. The largest absolute Gasteiger partial charge is 0.309 e. The van der Waals surface area contributed by atoms with Crippen LogP contribution in [0.5, 0.6) is 0 Å². The van der Waals surface area contributed by atoms with Crippen LogP contribution in [0.2, 0.25) is 0 Å². The maximum Gasteiger partial charge on any atom is 0.0724 e. The fourth-order valence-corrected chi connectivity index (χ4v) is 9.74. The lowest BCUT2D eigenvalue weighted by Gasteiger charge is -2.26. The minimum atomic E-state index is 0.339. The second-order valence-electron chi connectivity index (χ2n) is 14.2. The second kappa shape index (κ2) is 10.1. The zero-order chi connectivity index (χ0) is 33.2. The normalized spacial score (nSPS) is 14.7. The van der Waals surface area contributed by atoms with E-state index in [1.165, 1.54) is 87.8 Å². The Labute approximate surface area is 294 Å². The summed E-state index contributed by atoms with van der Waals surface area (Å²) in [5.41, 5.74) is 17.1. The standard InChI is InChI=1S/C48H31N3/c1-2-13-32-29(10-1)20-21-39-35-22-23-40-41(34-15-4-3-14-33(34)35)27-42-37-17-6-8-19-44(37)51(48(42)47(40)46(32)39)31-12-9-11-30(26-31)50-43-18-7-5-16-36(43)38-24-25-49-28-45(38)50/h1-21,24-28,35H,22-23H2. The van der Waals surface area contributed by atoms with Crippen molar-refractivity contribution in [2.45, 2.75) is 18.8 Å². The van der Waals surface area contributed by atoms with Crippen molar-refractivity contribution < 1.29 is 0 Å². The number of aromatic nitrogens is 3. The summed E-state index contributed by atoms with van der Waals surface area (Å²) in [4.78, 5) is 4.56. The molecule has 0 spiro atoms. The molecular formula is C48H31N3. The molecule has 2 bridgehead atoms. The van der Waals surface area contributed by atoms with Crippen LogP contribution in [-0.2, 0) is 6.42 Å². The molecule has 0 saturated carbocycles. The van der Waals surface area contributed by atoms with Crippen LogP contribution in [0.15, 0.2) is 158 Å². The molecule has 0 radical (unpaired) electrons. The van der Waals surface area contributed by atoms with Crippen LogP contribution in [0, 0.1) is 0 Å². The number of para-hydroxylation sites is 2. The lowest BCUT2D eigenvalue weighted by atomic mass is 9.78. The van der Waals surface area contributed by atoms with E-state index in [1.807, 2.05) is 12.4 Å². The van der Waals surface area contributed by atoms with Crippen molar-refractivity contribution in [2.75, 3.05) is 0 Å². The number of nitrogens with zero attached hydrogens (tertiary/aromatic N) is 3. The number of pyridine rings is 1. The van der Waals surface area contributed by atoms with Gasteiger partial charge in [-0.25, -0.2) is 0 Å². The lowest BCUT2D eigenvalue weighted by molar-refractivity contribution is 0.736. The van der Waals surface area contributed by atoms with Crippen LogP contribution >= 0.6 is 0 Å². The van der Waals surface area contributed by atoms with Crippen LogP contribution in [0.25, 0.3) is 88.0 Å². The summed E-state index contributed by atoms with van der Waals surface area (Å²) in [6.45, 7) is 0. The van der Waals surface area contributed by atoms with Gasteiger partial charge in [0, 0.05) is 50.6 Å². The van der Waals surface area contributed by atoms with Gasteiger partial charge in [0.2, 0.25) is 0 Å². The SMILES string of the molecule is c1cc(-n2c3ccccc3c3ccncc32)cc(-n2c3ccccc3c3cc4c5c(c32)-c2c(ccc3ccccc23)C(CC5)c2ccccc2-4)c1. The summed E-state index contributed by atoms with van der Waals surface area (Å²) in [6.07, 6.45) is 6.04. The quantitative estimate of drug-likeness (QED) is 0.183. The van der Waals surface area contributed by atoms with Crippen molar-refractivity contribution in [1.29, 1.82) is 0 Å². The van der Waals surface area contributed by atoms with E-state index in [-0.39, 0.29) is 0 Å². The summed E-state index contributed by atoms with van der Waals surface area (Å²) in [5, 5.41) is 7.67. The number of hydrogen-bond acceptors (Lipinski definition) is 1. The molecule has 0 saturated heterocycles. The van der Waals surface area contributed by atoms with Crippen LogP contribution in [0.1, 0.15) is 29.0 Å². The van der Waals surface area contributed by atoms with Crippen molar-refractivity contribution in [3.63, 3.8) is 0 Å². The van der Waals surface area contributed by atoms with Gasteiger partial charge in [-0.05, 0) is 99.5 Å². The second-order valence-corrected chi connectivity index (χ2v) is 14.2. The molecule has 0 aliphatic heterocycles. The van der Waals surface area contributed by atoms with E-state index in [0.29, 0.717) is 5.92 Å². The molecule has 1 unspecified atom stereocenters. The van der Waals surface area contributed by atoms with Gasteiger partial charge in [0.05, 0.1) is 28.3 Å². The van der Waals surface area contributed by atoms with Crippen LogP contribution < -0.4 is 0 Å². The van der Waals surface area contributed by atoms with Gasteiger partial charge in [-0.15, -0.1) is 0 Å². The molecule has 3 nitrogen and oxygen atoms in total. The first-order valence-corrected chi connectivity index (χ1v) is 18.0. The Morgan fingerprint density at radius 2 is 1.20 bits per heavy atom. The molecule has 2 aliphatic carbocycles. The third-order valence-electron chi connectivity index (χ3n) is 11.8. The highest BCUT2D eigenvalue weighted by Gasteiger charge is 2.35. The van der Waals surface area contributed by atoms with Crippen molar-refractivity contribution in [1.82, 2.24) is 14.1 Å². The van der Waals surface area contributed by atoms with Gasteiger partial charge < -0.3 is 9.13 Å². The number of fused-ring (bicyclic) bond motifs is 17. The molecule has 7 aromatic carbocycles. The summed E-state index contributed by atoms with van der Waals surface area (Å²) >= 11 is 0. The van der Waals surface area contributed by atoms with Gasteiger partial charge in [-0.3, -0.25) is 4.98 Å². The maximum atomic E-state index is 4.56. The van der Waals surface area contributed by atoms with Crippen molar-refractivity contribution in [2.24, 2.45) is 0 Å². The Morgan fingerprint density at radius 3 is 2.08 bits per heavy atom. The molecule has 51 heavy (non-hydrogen) atoms. The third-order valence-corrected chi connectivity index (χ3v) is 11.8. The molecule has 2 aliphatic rings. The fourth-order valence-electron chi connectivity index (χ4n) is 9.74. The van der Waals surface area contributed by atoms with Gasteiger partial charge in [0.15, 0.2) is 0 Å². The summed E-state index contributed by atoms with van der Waals surface area (Å²) < 4.78 is 4.93. The van der Waals surface area contributed by atoms with E-state index in [0.717, 1.165) is 29.7 Å². The molecule has 0 fully saturated rings. The zero-order valence-corrected chi connectivity index (χ0v) is 27.8. The average molecular weight is 650 g/mol. The number of rotatable bonds is 2. The number of benzene rings is 7. The molecule has 0 amide bonds. The van der Waals surface area contributed by atoms with Gasteiger partial charge in [0.1, 0.15) is 0 Å². The van der Waals surface area contributed by atoms with Gasteiger partial charge in [-0.1, -0.05) is 103 Å². The first-order chi connectivity index (χ1) is 25.3. The third kappa shape index (κ3) is 3.60. The van der Waals surface area contributed by atoms with Gasteiger partial charge in [0.25, 0.3) is 0 Å². The Hall–Kier alpha value is -6.45. The highest BCUT2D eigenvalue weighted by molar-refractivity contribution is 6.19. The van der Waals surface area contributed by atoms with Crippen molar-refractivity contribution in [3.05, 3.63) is 175 Å². The molecule has 238 valence electrons. The lowest BCUT2D eigenvalue weighted by Crippen LogP contribution is -2.06. The molecule has 10 aromatic rings. The van der Waals surface area contributed by atoms with E-state index in [1.54, 1.807) is 0 Å². The Kier molecular flexibility index (Phi) is 5.40. The minimum Gasteiger partial charge on any atom is -0.309 e. The Bertz CT molecular complexity index is 3050. The fraction of sp³-hybridized carbons (Fsp3) is 0.0625. The van der Waals surface area contributed by atoms with Crippen LogP contribution in [-0.4, -0.2) is 14.1 Å². The van der Waals surface area contributed by atoms with E-state index in [2.05, 4.69) is 160 Å².